The number of piperidine rings is 1. The van der Waals surface area contributed by atoms with Crippen molar-refractivity contribution < 1.29 is 57.6 Å². The van der Waals surface area contributed by atoms with Gasteiger partial charge in [0.25, 0.3) is 5.91 Å². The lowest BCUT2D eigenvalue weighted by Gasteiger charge is -2.37. The highest BCUT2D eigenvalue weighted by molar-refractivity contribution is 7.09. The average Bonchev–Trinajstić information content (AvgIpc) is 3.90. The van der Waals surface area contributed by atoms with Crippen molar-refractivity contribution in [2.75, 3.05) is 93.1 Å². The molecule has 19 nitrogen and oxygen atoms in total. The van der Waals surface area contributed by atoms with Crippen molar-refractivity contribution >= 4 is 47.1 Å². The van der Waals surface area contributed by atoms with Crippen molar-refractivity contribution in [1.82, 2.24) is 35.6 Å². The Labute approximate surface area is 459 Å². The van der Waals surface area contributed by atoms with Crippen molar-refractivity contribution in [3.8, 4) is 0 Å². The predicted molar refractivity (Wildman–Crippen MR) is 296 cm³/mol. The molecule has 2 heterocycles. The van der Waals surface area contributed by atoms with Crippen molar-refractivity contribution in [2.24, 2.45) is 23.7 Å². The van der Waals surface area contributed by atoms with Crippen LogP contribution in [0.5, 0.6) is 0 Å². The van der Waals surface area contributed by atoms with Crippen LogP contribution in [0.3, 0.4) is 0 Å². The van der Waals surface area contributed by atoms with Crippen LogP contribution >= 0.6 is 11.3 Å². The van der Waals surface area contributed by atoms with Crippen LogP contribution < -0.4 is 16.0 Å². The second-order valence-electron chi connectivity index (χ2n) is 20.2. The Hall–Kier alpha value is -5.93. The molecule has 0 spiro atoms. The van der Waals surface area contributed by atoms with Crippen LogP contribution in [-0.2, 0) is 49.3 Å². The fraction of sp³-hybridized carbons (Fsp3) is 0.596. The third-order valence-corrected chi connectivity index (χ3v) is 14.6. The molecular formula is C57H85N7O12S. The number of carbonyl (C=O) groups is 6. The Morgan fingerprint density at radius 2 is 1.52 bits per heavy atom. The van der Waals surface area contributed by atoms with Crippen LogP contribution in [0.1, 0.15) is 101 Å². The van der Waals surface area contributed by atoms with Gasteiger partial charge in [-0.25, -0.2) is 9.78 Å². The van der Waals surface area contributed by atoms with E-state index in [-0.39, 0.29) is 48.7 Å². The number of hydrogen-bond acceptors (Lipinski definition) is 15. The number of carboxylic acid groups (broad SMARTS) is 1. The zero-order chi connectivity index (χ0) is 56.1. The van der Waals surface area contributed by atoms with Gasteiger partial charge >= 0.3 is 18.0 Å². The molecule has 4 N–H and O–H groups in total. The van der Waals surface area contributed by atoms with Gasteiger partial charge in [0.2, 0.25) is 11.8 Å². The van der Waals surface area contributed by atoms with Gasteiger partial charge in [-0.1, -0.05) is 102 Å². The summed E-state index contributed by atoms with van der Waals surface area (Å²) in [5.41, 5.74) is 2.24. The summed E-state index contributed by atoms with van der Waals surface area (Å²) in [6, 6.07) is 7.71. The SMILES string of the molecule is CCC(C)C(NC(=O)CN(C)CCOCCOCCOCCNC(=O)OCC1CCN(C2=CC=CC=CC=C2)CC1)C(=O)N(C)C(CC(OC(C)=O)c1nc(C(=O)NC(Cc2ccccc2)CC(C)C(=O)O)cs1)C(C)C. The summed E-state index contributed by atoms with van der Waals surface area (Å²) in [5, 5.41) is 20.2. The van der Waals surface area contributed by atoms with Crippen LogP contribution in [0, 0.1) is 23.7 Å². The number of nitrogens with one attached hydrogen (secondary N) is 3. The number of carbonyl (C=O) groups excluding carboxylic acids is 5. The first-order valence-corrected chi connectivity index (χ1v) is 27.9. The number of rotatable bonds is 34. The van der Waals surface area contributed by atoms with Crippen molar-refractivity contribution in [1.29, 1.82) is 0 Å². The van der Waals surface area contributed by atoms with Gasteiger partial charge in [-0.15, -0.1) is 11.3 Å². The smallest absolute Gasteiger partial charge is 0.407 e. The molecule has 1 aromatic carbocycles. The highest BCUT2D eigenvalue weighted by Crippen LogP contribution is 2.31. The Bertz CT molecular complexity index is 2260. The second kappa shape index (κ2) is 34.8. The number of ether oxygens (including phenoxy) is 5. The molecule has 20 heteroatoms. The van der Waals surface area contributed by atoms with Crippen LogP contribution in [-0.4, -0.2) is 172 Å². The summed E-state index contributed by atoms with van der Waals surface area (Å²) in [4.78, 5) is 88.2. The Kier molecular flexibility index (Phi) is 28.7. The fourth-order valence-electron chi connectivity index (χ4n) is 8.88. The van der Waals surface area contributed by atoms with Gasteiger partial charge in [0, 0.05) is 69.7 Å². The zero-order valence-corrected chi connectivity index (χ0v) is 47.3. The predicted octanol–water partition coefficient (Wildman–Crippen LogP) is 6.59. The van der Waals surface area contributed by atoms with Gasteiger partial charge in [0.15, 0.2) is 6.10 Å². The fourth-order valence-corrected chi connectivity index (χ4v) is 9.72. The number of aromatic nitrogens is 1. The maximum atomic E-state index is 14.3. The monoisotopic (exact) mass is 1090 g/mol. The van der Waals surface area contributed by atoms with E-state index in [0.717, 1.165) is 42.8 Å². The number of allylic oxidation sites excluding steroid dienone is 7. The lowest BCUT2D eigenvalue weighted by molar-refractivity contribution is -0.149. The van der Waals surface area contributed by atoms with Gasteiger partial charge in [0.05, 0.1) is 58.7 Å². The van der Waals surface area contributed by atoms with Gasteiger partial charge in [-0.2, -0.15) is 0 Å². The number of alkyl carbamates (subject to hydrolysis) is 1. The lowest BCUT2D eigenvalue weighted by atomic mass is 9.93. The van der Waals surface area contributed by atoms with E-state index in [1.165, 1.54) is 12.6 Å². The van der Waals surface area contributed by atoms with E-state index >= 15 is 0 Å². The van der Waals surface area contributed by atoms with Gasteiger partial charge in [-0.3, -0.25) is 28.9 Å². The van der Waals surface area contributed by atoms with Crippen molar-refractivity contribution in [3.05, 3.63) is 100 Å². The summed E-state index contributed by atoms with van der Waals surface area (Å²) >= 11 is 1.16. The number of nitrogens with zero attached hydrogens (tertiary/aromatic N) is 4. The quantitative estimate of drug-likeness (QED) is 0.0428. The lowest BCUT2D eigenvalue weighted by Crippen LogP contribution is -2.55. The number of amides is 4. The molecule has 1 saturated heterocycles. The first-order chi connectivity index (χ1) is 36.9. The number of likely N-dealkylation sites (N-methyl/N-ethyl adjacent to an activating group) is 2. The van der Waals surface area contributed by atoms with E-state index in [2.05, 4.69) is 38.0 Å². The second-order valence-corrected chi connectivity index (χ2v) is 21.1. The molecule has 0 saturated carbocycles. The average molecular weight is 1090 g/mol. The van der Waals surface area contributed by atoms with E-state index in [4.69, 9.17) is 23.7 Å². The van der Waals surface area contributed by atoms with E-state index in [9.17, 15) is 33.9 Å². The molecule has 1 aliphatic carbocycles. The summed E-state index contributed by atoms with van der Waals surface area (Å²) in [6.07, 6.45) is 16.4. The molecule has 6 unspecified atom stereocenters. The molecule has 426 valence electrons. The molecular weight excluding hydrogens is 1010 g/mol. The molecule has 1 fully saturated rings. The molecule has 4 rings (SSSR count). The third-order valence-electron chi connectivity index (χ3n) is 13.6. The van der Waals surface area contributed by atoms with Crippen LogP contribution in [0.2, 0.25) is 0 Å². The minimum absolute atomic E-state index is 0.0361. The normalized spacial score (nSPS) is 16.1. The standard InChI is InChI=1S/C57H85N7O12S/c1-9-41(4)52(55(68)63(8)49(40(2)3)36-50(76-43(6)65)54-60-48(39-77-54)53(67)59-46(34-42(5)56(69)70)35-44-18-14-13-15-19-44)61-51(66)37-62(7)27-29-73-31-33-74-32-30-72-28-24-58-57(71)75-38-45-22-25-64(26-23-45)47-20-16-11-10-12-17-21-47/h10-21,39-42,45-46,49-50,52H,9,22-38H2,1-8H3,(H,58,71)(H,59,67)(H,61,66)(H,69,70). The van der Waals surface area contributed by atoms with Crippen molar-refractivity contribution in [2.45, 2.75) is 104 Å². The number of esters is 1. The Morgan fingerprint density at radius 3 is 2.18 bits per heavy atom. The van der Waals surface area contributed by atoms with Crippen LogP contribution in [0.4, 0.5) is 4.79 Å². The van der Waals surface area contributed by atoms with Gasteiger partial charge in [-0.05, 0) is 68.2 Å². The highest BCUT2D eigenvalue weighted by Gasteiger charge is 2.36. The number of likely N-dealkylation sites (tertiary alicyclic amines) is 1. The van der Waals surface area contributed by atoms with E-state index in [0.29, 0.717) is 83.1 Å². The summed E-state index contributed by atoms with van der Waals surface area (Å²) in [7, 11) is 3.48. The maximum absolute atomic E-state index is 14.3. The Balaban J connectivity index is 1.13. The summed E-state index contributed by atoms with van der Waals surface area (Å²) in [5.74, 6) is -3.28. The minimum Gasteiger partial charge on any atom is -0.481 e. The Morgan fingerprint density at radius 1 is 0.857 bits per heavy atom. The van der Waals surface area contributed by atoms with Crippen LogP contribution in [0.15, 0.2) is 83.9 Å². The largest absolute Gasteiger partial charge is 0.481 e. The highest BCUT2D eigenvalue weighted by atomic mass is 32.1. The molecule has 6 atom stereocenters. The molecule has 2 aromatic rings. The summed E-state index contributed by atoms with van der Waals surface area (Å²) in [6.45, 7) is 15.9. The molecule has 0 bridgehead atoms. The van der Waals surface area contributed by atoms with E-state index < -0.39 is 54.1 Å². The molecule has 2 aliphatic rings. The number of carboxylic acids is 1. The summed E-state index contributed by atoms with van der Waals surface area (Å²) < 4.78 is 28.2. The molecule has 1 aliphatic heterocycles. The first-order valence-electron chi connectivity index (χ1n) is 27.0. The number of thiazole rings is 1. The van der Waals surface area contributed by atoms with E-state index in [1.54, 1.807) is 31.3 Å². The van der Waals surface area contributed by atoms with Gasteiger partial charge in [0.1, 0.15) is 16.7 Å². The molecule has 4 amide bonds. The molecule has 1 aromatic heterocycles. The maximum Gasteiger partial charge on any atom is 0.407 e. The minimum atomic E-state index is -0.961. The molecule has 0 radical (unpaired) electrons. The third kappa shape index (κ3) is 23.7. The van der Waals surface area contributed by atoms with E-state index in [1.807, 2.05) is 93.3 Å². The molecule has 77 heavy (non-hydrogen) atoms. The first kappa shape index (κ1) is 63.6. The zero-order valence-electron chi connectivity index (χ0n) is 46.5. The van der Waals surface area contributed by atoms with Gasteiger partial charge < -0.3 is 54.5 Å². The van der Waals surface area contributed by atoms with Crippen molar-refractivity contribution in [3.63, 3.8) is 0 Å². The number of hydrogen-bond donors (Lipinski definition) is 4. The van der Waals surface area contributed by atoms with Crippen LogP contribution in [0.25, 0.3) is 0 Å². The number of benzene rings is 1. The topological polar surface area (TPSA) is 228 Å². The number of aliphatic carboxylic acids is 1.